The summed E-state index contributed by atoms with van der Waals surface area (Å²) in [6, 6.07) is 0.758. The summed E-state index contributed by atoms with van der Waals surface area (Å²) in [6.07, 6.45) is 7.08. The van der Waals surface area contributed by atoms with Crippen LogP contribution in [0.4, 0.5) is 0 Å². The Morgan fingerprint density at radius 3 is 2.47 bits per heavy atom. The van der Waals surface area contributed by atoms with Crippen LogP contribution in [-0.2, 0) is 7.05 Å². The number of aromatic nitrogens is 3. The molecule has 1 saturated carbocycles. The summed E-state index contributed by atoms with van der Waals surface area (Å²) in [6.45, 7) is 3.62. The van der Waals surface area contributed by atoms with Crippen molar-refractivity contribution in [3.05, 3.63) is 11.9 Å². The zero-order chi connectivity index (χ0) is 13.2. The highest BCUT2D eigenvalue weighted by molar-refractivity contribution is 5.92. The van der Waals surface area contributed by atoms with E-state index in [1.54, 1.807) is 17.9 Å². The lowest BCUT2D eigenvalue weighted by atomic mass is 10.2. The third kappa shape index (κ3) is 2.63. The lowest BCUT2D eigenvalue weighted by Gasteiger charge is -2.37. The largest absolute Gasteiger partial charge is 0.335 e. The van der Waals surface area contributed by atoms with E-state index in [1.165, 1.54) is 25.7 Å². The van der Waals surface area contributed by atoms with Crippen molar-refractivity contribution in [2.75, 3.05) is 26.2 Å². The van der Waals surface area contributed by atoms with Crippen molar-refractivity contribution in [3.8, 4) is 0 Å². The first-order valence-corrected chi connectivity index (χ1v) is 7.14. The van der Waals surface area contributed by atoms with Crippen molar-refractivity contribution in [2.24, 2.45) is 7.05 Å². The van der Waals surface area contributed by atoms with E-state index in [2.05, 4.69) is 15.2 Å². The van der Waals surface area contributed by atoms with Gasteiger partial charge in [0.25, 0.3) is 5.91 Å². The normalized spacial score (nSPS) is 22.1. The lowest BCUT2D eigenvalue weighted by Crippen LogP contribution is -2.51. The van der Waals surface area contributed by atoms with E-state index < -0.39 is 0 Å². The maximum Gasteiger partial charge on any atom is 0.276 e. The Kier molecular flexibility index (Phi) is 3.50. The van der Waals surface area contributed by atoms with Gasteiger partial charge in [0.15, 0.2) is 5.69 Å². The Balaban J connectivity index is 1.56. The summed E-state index contributed by atoms with van der Waals surface area (Å²) in [5.74, 6) is 0.0131. The molecule has 1 aliphatic carbocycles. The highest BCUT2D eigenvalue weighted by atomic mass is 16.2. The monoisotopic (exact) mass is 263 g/mol. The molecule has 0 radical (unpaired) electrons. The summed E-state index contributed by atoms with van der Waals surface area (Å²) in [5, 5.41) is 7.71. The number of nitrogens with zero attached hydrogens (tertiary/aromatic N) is 5. The standard InChI is InChI=1S/C13H21N5O/c1-16-10-12(14-15-16)13(19)18-8-6-17(7-9-18)11-4-2-3-5-11/h10-11H,2-9H2,1H3. The minimum absolute atomic E-state index is 0.0131. The Hall–Kier alpha value is -1.43. The summed E-state index contributed by atoms with van der Waals surface area (Å²) in [4.78, 5) is 16.7. The molecule has 0 unspecified atom stereocenters. The number of rotatable bonds is 2. The van der Waals surface area contributed by atoms with Gasteiger partial charge in [0, 0.05) is 39.3 Å². The van der Waals surface area contributed by atoms with Crippen LogP contribution in [0.3, 0.4) is 0 Å². The van der Waals surface area contributed by atoms with Crippen molar-refractivity contribution in [3.63, 3.8) is 0 Å². The molecule has 0 N–H and O–H groups in total. The van der Waals surface area contributed by atoms with E-state index in [4.69, 9.17) is 0 Å². The minimum Gasteiger partial charge on any atom is -0.335 e. The molecule has 0 atom stereocenters. The van der Waals surface area contributed by atoms with Crippen molar-refractivity contribution in [1.29, 1.82) is 0 Å². The molecule has 0 spiro atoms. The van der Waals surface area contributed by atoms with Crippen molar-refractivity contribution in [1.82, 2.24) is 24.8 Å². The zero-order valence-electron chi connectivity index (χ0n) is 11.5. The van der Waals surface area contributed by atoms with E-state index in [9.17, 15) is 4.79 Å². The van der Waals surface area contributed by atoms with Gasteiger partial charge in [-0.2, -0.15) is 0 Å². The van der Waals surface area contributed by atoms with Crippen LogP contribution in [0.2, 0.25) is 0 Å². The van der Waals surface area contributed by atoms with Crippen LogP contribution in [0, 0.1) is 0 Å². The van der Waals surface area contributed by atoms with Crippen LogP contribution in [-0.4, -0.2) is 62.9 Å². The molecule has 2 fully saturated rings. The van der Waals surface area contributed by atoms with Crippen LogP contribution in [0.1, 0.15) is 36.2 Å². The number of amides is 1. The quantitative estimate of drug-likeness (QED) is 0.780. The van der Waals surface area contributed by atoms with Crippen LogP contribution in [0.25, 0.3) is 0 Å². The Morgan fingerprint density at radius 2 is 1.89 bits per heavy atom. The molecule has 3 rings (SSSR count). The highest BCUT2D eigenvalue weighted by Crippen LogP contribution is 2.24. The molecular weight excluding hydrogens is 242 g/mol. The maximum atomic E-state index is 12.2. The van der Waals surface area contributed by atoms with Gasteiger partial charge in [-0.15, -0.1) is 5.10 Å². The van der Waals surface area contributed by atoms with E-state index in [1.807, 2.05) is 4.90 Å². The third-order valence-electron chi connectivity index (χ3n) is 4.26. The summed E-state index contributed by atoms with van der Waals surface area (Å²) in [5.41, 5.74) is 0.455. The molecule has 6 nitrogen and oxygen atoms in total. The first-order chi connectivity index (χ1) is 9.24. The second-order valence-corrected chi connectivity index (χ2v) is 5.54. The molecule has 19 heavy (non-hydrogen) atoms. The Labute approximate surface area is 113 Å². The van der Waals surface area contributed by atoms with Gasteiger partial charge in [0.1, 0.15) is 0 Å². The van der Waals surface area contributed by atoms with Gasteiger partial charge in [-0.1, -0.05) is 18.1 Å². The third-order valence-corrected chi connectivity index (χ3v) is 4.26. The van der Waals surface area contributed by atoms with Crippen LogP contribution < -0.4 is 0 Å². The molecule has 0 bridgehead atoms. The van der Waals surface area contributed by atoms with E-state index in [0.717, 1.165) is 32.2 Å². The first kappa shape index (κ1) is 12.6. The topological polar surface area (TPSA) is 54.3 Å². The van der Waals surface area contributed by atoms with Gasteiger partial charge in [0.2, 0.25) is 0 Å². The zero-order valence-corrected chi connectivity index (χ0v) is 11.5. The molecule has 1 amide bonds. The first-order valence-electron chi connectivity index (χ1n) is 7.14. The number of carbonyl (C=O) groups is 1. The average molecular weight is 263 g/mol. The fourth-order valence-electron chi connectivity index (χ4n) is 3.17. The summed E-state index contributed by atoms with van der Waals surface area (Å²) >= 11 is 0. The average Bonchev–Trinajstić information content (AvgIpc) is 3.09. The van der Waals surface area contributed by atoms with Gasteiger partial charge in [-0.25, -0.2) is 0 Å². The highest BCUT2D eigenvalue weighted by Gasteiger charge is 2.28. The van der Waals surface area contributed by atoms with Gasteiger partial charge >= 0.3 is 0 Å². The minimum atomic E-state index is 0.0131. The van der Waals surface area contributed by atoms with Crippen LogP contribution in [0.5, 0.6) is 0 Å². The molecule has 104 valence electrons. The lowest BCUT2D eigenvalue weighted by molar-refractivity contribution is 0.0568. The summed E-state index contributed by atoms with van der Waals surface area (Å²) in [7, 11) is 1.78. The Morgan fingerprint density at radius 1 is 1.21 bits per heavy atom. The molecule has 1 aliphatic heterocycles. The van der Waals surface area contributed by atoms with Gasteiger partial charge < -0.3 is 4.90 Å². The molecule has 0 aromatic carbocycles. The predicted molar refractivity (Wildman–Crippen MR) is 70.7 cm³/mol. The molecule has 6 heteroatoms. The fraction of sp³-hybridized carbons (Fsp3) is 0.769. The van der Waals surface area contributed by atoms with Crippen LogP contribution >= 0.6 is 0 Å². The van der Waals surface area contributed by atoms with Crippen molar-refractivity contribution >= 4 is 5.91 Å². The maximum absolute atomic E-state index is 12.2. The molecule has 1 aromatic heterocycles. The number of hydrogen-bond acceptors (Lipinski definition) is 4. The molecule has 2 heterocycles. The van der Waals surface area contributed by atoms with Gasteiger partial charge in [-0.05, 0) is 12.8 Å². The van der Waals surface area contributed by atoms with Crippen molar-refractivity contribution in [2.45, 2.75) is 31.7 Å². The van der Waals surface area contributed by atoms with E-state index in [-0.39, 0.29) is 5.91 Å². The fourth-order valence-corrected chi connectivity index (χ4v) is 3.17. The molecular formula is C13H21N5O. The number of aryl methyl sites for hydroxylation is 1. The molecule has 1 saturated heterocycles. The SMILES string of the molecule is Cn1cc(C(=O)N2CCN(C3CCCC3)CC2)nn1. The van der Waals surface area contributed by atoms with Gasteiger partial charge in [-0.3, -0.25) is 14.4 Å². The molecule has 1 aromatic rings. The molecule has 2 aliphatic rings. The number of piperazine rings is 1. The van der Waals surface area contributed by atoms with Crippen molar-refractivity contribution < 1.29 is 4.79 Å². The smallest absolute Gasteiger partial charge is 0.276 e. The second kappa shape index (κ2) is 5.28. The van der Waals surface area contributed by atoms with E-state index in [0.29, 0.717) is 5.69 Å². The van der Waals surface area contributed by atoms with E-state index >= 15 is 0 Å². The number of hydrogen-bond donors (Lipinski definition) is 0. The van der Waals surface area contributed by atoms with Gasteiger partial charge in [0.05, 0.1) is 6.20 Å². The summed E-state index contributed by atoms with van der Waals surface area (Å²) < 4.78 is 1.57. The Bertz CT molecular complexity index is 444. The predicted octanol–water partition coefficient (Wildman–Crippen LogP) is 0.515. The van der Waals surface area contributed by atoms with Crippen LogP contribution in [0.15, 0.2) is 6.20 Å². The number of carbonyl (C=O) groups excluding carboxylic acids is 1. The second-order valence-electron chi connectivity index (χ2n) is 5.54.